The van der Waals surface area contributed by atoms with E-state index in [1.54, 1.807) is 0 Å². The van der Waals surface area contributed by atoms with Crippen LogP contribution < -0.4 is 5.32 Å². The first-order valence-corrected chi connectivity index (χ1v) is 7.62. The Kier molecular flexibility index (Phi) is 4.50. The van der Waals surface area contributed by atoms with E-state index >= 15 is 0 Å². The van der Waals surface area contributed by atoms with Gasteiger partial charge in [0.1, 0.15) is 0 Å². The summed E-state index contributed by atoms with van der Waals surface area (Å²) in [5, 5.41) is 3.58. The second-order valence-electron chi connectivity index (χ2n) is 5.44. The van der Waals surface area contributed by atoms with Gasteiger partial charge in [0.15, 0.2) is 0 Å². The molecule has 0 saturated heterocycles. The lowest BCUT2D eigenvalue weighted by molar-refractivity contribution is 0.836. The number of nitrogens with zero attached hydrogens (tertiary/aromatic N) is 1. The molecule has 0 bridgehead atoms. The maximum Gasteiger partial charge on any atom is 0.0657 e. The van der Waals surface area contributed by atoms with E-state index in [-0.39, 0.29) is 6.04 Å². The Hall–Kier alpha value is -2.61. The highest BCUT2D eigenvalue weighted by Gasteiger charge is 2.09. The van der Waals surface area contributed by atoms with Crippen LogP contribution in [0.2, 0.25) is 0 Å². The van der Waals surface area contributed by atoms with Crippen LogP contribution in [0, 0.1) is 0 Å². The molecule has 0 aliphatic rings. The Labute approximate surface area is 131 Å². The van der Waals surface area contributed by atoms with E-state index in [2.05, 4.69) is 77.9 Å². The highest BCUT2D eigenvalue weighted by Crippen LogP contribution is 2.23. The molecule has 0 aliphatic carbocycles. The van der Waals surface area contributed by atoms with Gasteiger partial charge >= 0.3 is 0 Å². The zero-order chi connectivity index (χ0) is 15.2. The summed E-state index contributed by atoms with van der Waals surface area (Å²) in [6.07, 6.45) is 2.77. The molecule has 0 saturated carbocycles. The SMILES string of the molecule is CC(Nc1ccccc1Cc1ccccc1)c1ccccn1. The maximum atomic E-state index is 4.43. The molecule has 0 fully saturated rings. The fourth-order valence-electron chi connectivity index (χ4n) is 2.57. The first kappa shape index (κ1) is 14.3. The molecule has 1 atom stereocenters. The lowest BCUT2D eigenvalue weighted by atomic mass is 10.0. The van der Waals surface area contributed by atoms with Gasteiger partial charge in [-0.25, -0.2) is 0 Å². The molecular weight excluding hydrogens is 268 g/mol. The molecule has 110 valence electrons. The van der Waals surface area contributed by atoms with Gasteiger partial charge in [0.05, 0.1) is 11.7 Å². The molecule has 3 aromatic rings. The molecular formula is C20H20N2. The van der Waals surface area contributed by atoms with Gasteiger partial charge in [-0.3, -0.25) is 4.98 Å². The fraction of sp³-hybridized carbons (Fsp3) is 0.150. The van der Waals surface area contributed by atoms with Crippen LogP contribution in [0.4, 0.5) is 5.69 Å². The fourth-order valence-corrected chi connectivity index (χ4v) is 2.57. The number of hydrogen-bond acceptors (Lipinski definition) is 2. The van der Waals surface area contributed by atoms with Gasteiger partial charge in [0.25, 0.3) is 0 Å². The predicted molar refractivity (Wildman–Crippen MR) is 92.0 cm³/mol. The van der Waals surface area contributed by atoms with E-state index < -0.39 is 0 Å². The first-order valence-electron chi connectivity index (χ1n) is 7.62. The molecule has 0 spiro atoms. The van der Waals surface area contributed by atoms with Gasteiger partial charge in [0, 0.05) is 11.9 Å². The third-order valence-electron chi connectivity index (χ3n) is 3.76. The molecule has 1 unspecified atom stereocenters. The van der Waals surface area contributed by atoms with E-state index in [4.69, 9.17) is 0 Å². The lowest BCUT2D eigenvalue weighted by Crippen LogP contribution is -2.10. The minimum Gasteiger partial charge on any atom is -0.377 e. The summed E-state index contributed by atoms with van der Waals surface area (Å²) in [6, 6.07) is 25.2. The number of hydrogen-bond donors (Lipinski definition) is 1. The monoisotopic (exact) mass is 288 g/mol. The van der Waals surface area contributed by atoms with Crippen molar-refractivity contribution in [1.29, 1.82) is 0 Å². The van der Waals surface area contributed by atoms with Crippen LogP contribution in [0.25, 0.3) is 0 Å². The van der Waals surface area contributed by atoms with Crippen molar-refractivity contribution in [2.75, 3.05) is 5.32 Å². The van der Waals surface area contributed by atoms with Crippen molar-refractivity contribution in [3.63, 3.8) is 0 Å². The van der Waals surface area contributed by atoms with Crippen molar-refractivity contribution < 1.29 is 0 Å². The number of pyridine rings is 1. The largest absolute Gasteiger partial charge is 0.377 e. The average molecular weight is 288 g/mol. The van der Waals surface area contributed by atoms with E-state index in [1.165, 1.54) is 16.8 Å². The second kappa shape index (κ2) is 6.90. The van der Waals surface area contributed by atoms with E-state index in [0.29, 0.717) is 0 Å². The van der Waals surface area contributed by atoms with Crippen molar-refractivity contribution in [1.82, 2.24) is 4.98 Å². The number of rotatable bonds is 5. The minimum atomic E-state index is 0.179. The topological polar surface area (TPSA) is 24.9 Å². The normalized spacial score (nSPS) is 11.9. The number of nitrogens with one attached hydrogen (secondary N) is 1. The Morgan fingerprint density at radius 3 is 2.36 bits per heavy atom. The van der Waals surface area contributed by atoms with Crippen LogP contribution in [-0.4, -0.2) is 4.98 Å². The summed E-state index contributed by atoms with van der Waals surface area (Å²) in [4.78, 5) is 4.43. The van der Waals surface area contributed by atoms with Crippen molar-refractivity contribution in [3.05, 3.63) is 95.8 Å². The highest BCUT2D eigenvalue weighted by molar-refractivity contribution is 5.53. The lowest BCUT2D eigenvalue weighted by Gasteiger charge is -2.18. The zero-order valence-corrected chi connectivity index (χ0v) is 12.7. The molecule has 1 aromatic heterocycles. The van der Waals surface area contributed by atoms with Gasteiger partial charge < -0.3 is 5.32 Å². The van der Waals surface area contributed by atoms with Crippen LogP contribution in [0.15, 0.2) is 79.0 Å². The Balaban J connectivity index is 1.79. The second-order valence-corrected chi connectivity index (χ2v) is 5.44. The number of para-hydroxylation sites is 1. The van der Waals surface area contributed by atoms with Crippen molar-refractivity contribution >= 4 is 5.69 Å². The van der Waals surface area contributed by atoms with Crippen LogP contribution >= 0.6 is 0 Å². The summed E-state index contributed by atoms with van der Waals surface area (Å²) >= 11 is 0. The molecule has 2 heteroatoms. The third-order valence-corrected chi connectivity index (χ3v) is 3.76. The molecule has 1 heterocycles. The van der Waals surface area contributed by atoms with Crippen LogP contribution in [0.3, 0.4) is 0 Å². The molecule has 0 radical (unpaired) electrons. The van der Waals surface area contributed by atoms with Gasteiger partial charge in [-0.05, 0) is 42.7 Å². The molecule has 3 rings (SSSR count). The number of aromatic nitrogens is 1. The van der Waals surface area contributed by atoms with Gasteiger partial charge in [-0.1, -0.05) is 54.6 Å². The average Bonchev–Trinajstić information content (AvgIpc) is 2.58. The first-order chi connectivity index (χ1) is 10.8. The summed E-state index contributed by atoms with van der Waals surface area (Å²) in [5.74, 6) is 0. The maximum absolute atomic E-state index is 4.43. The standard InChI is InChI=1S/C20H20N2/c1-16(19-12-7-8-14-21-19)22-20-13-6-5-11-18(20)15-17-9-3-2-4-10-17/h2-14,16,22H,15H2,1H3. The Morgan fingerprint density at radius 1 is 0.864 bits per heavy atom. The molecule has 2 nitrogen and oxygen atoms in total. The molecule has 0 aliphatic heterocycles. The minimum absolute atomic E-state index is 0.179. The summed E-state index contributed by atoms with van der Waals surface area (Å²) in [7, 11) is 0. The zero-order valence-electron chi connectivity index (χ0n) is 12.7. The van der Waals surface area contributed by atoms with Crippen LogP contribution in [-0.2, 0) is 6.42 Å². The molecule has 1 N–H and O–H groups in total. The van der Waals surface area contributed by atoms with E-state index in [9.17, 15) is 0 Å². The van der Waals surface area contributed by atoms with E-state index in [0.717, 1.165) is 12.1 Å². The van der Waals surface area contributed by atoms with Gasteiger partial charge in [-0.15, -0.1) is 0 Å². The molecule has 2 aromatic carbocycles. The predicted octanol–water partition coefficient (Wildman–Crippen LogP) is 4.85. The van der Waals surface area contributed by atoms with Crippen molar-refractivity contribution in [2.45, 2.75) is 19.4 Å². The number of benzene rings is 2. The Bertz CT molecular complexity index is 708. The van der Waals surface area contributed by atoms with E-state index in [1.807, 2.05) is 18.3 Å². The number of anilines is 1. The summed E-state index contributed by atoms with van der Waals surface area (Å²) in [6.45, 7) is 2.14. The summed E-state index contributed by atoms with van der Waals surface area (Å²) < 4.78 is 0. The molecule has 0 amide bonds. The van der Waals surface area contributed by atoms with Gasteiger partial charge in [0.2, 0.25) is 0 Å². The van der Waals surface area contributed by atoms with Crippen LogP contribution in [0.5, 0.6) is 0 Å². The quantitative estimate of drug-likeness (QED) is 0.726. The Morgan fingerprint density at radius 2 is 1.59 bits per heavy atom. The third kappa shape index (κ3) is 3.53. The van der Waals surface area contributed by atoms with Crippen molar-refractivity contribution in [3.8, 4) is 0 Å². The molecule has 22 heavy (non-hydrogen) atoms. The van der Waals surface area contributed by atoms with Gasteiger partial charge in [-0.2, -0.15) is 0 Å². The van der Waals surface area contributed by atoms with Crippen molar-refractivity contribution in [2.24, 2.45) is 0 Å². The smallest absolute Gasteiger partial charge is 0.0657 e. The summed E-state index contributed by atoms with van der Waals surface area (Å²) in [5.41, 5.74) is 4.85. The van der Waals surface area contributed by atoms with Crippen LogP contribution in [0.1, 0.15) is 29.8 Å². The highest BCUT2D eigenvalue weighted by atomic mass is 14.9.